The van der Waals surface area contributed by atoms with Gasteiger partial charge in [-0.25, -0.2) is 4.98 Å². The topological polar surface area (TPSA) is 81.9 Å². The molecule has 2 aromatic heterocycles. The van der Waals surface area contributed by atoms with E-state index in [1.165, 1.54) is 43.4 Å². The van der Waals surface area contributed by atoms with Crippen LogP contribution in [0.4, 0.5) is 5.13 Å². The van der Waals surface area contributed by atoms with Crippen LogP contribution in [0.2, 0.25) is 0 Å². The SMILES string of the molecule is CN(Cc1ccco1)C(=O)CN1CCN(C(=O)c2csc(NC3CCCCC3)n2)CC1. The molecule has 1 saturated carbocycles. The maximum atomic E-state index is 12.9. The summed E-state index contributed by atoms with van der Waals surface area (Å²) in [6.45, 7) is 3.40. The van der Waals surface area contributed by atoms with E-state index in [1.807, 2.05) is 22.4 Å². The third-order valence-electron chi connectivity index (χ3n) is 6.07. The van der Waals surface area contributed by atoms with E-state index in [1.54, 1.807) is 18.2 Å². The lowest BCUT2D eigenvalue weighted by molar-refractivity contribution is -0.132. The van der Waals surface area contributed by atoms with Gasteiger partial charge in [-0.2, -0.15) is 0 Å². The highest BCUT2D eigenvalue weighted by Crippen LogP contribution is 2.24. The quantitative estimate of drug-likeness (QED) is 0.706. The number of hydrogen-bond donors (Lipinski definition) is 1. The van der Waals surface area contributed by atoms with Crippen LogP contribution in [-0.2, 0) is 11.3 Å². The van der Waals surface area contributed by atoms with Crippen LogP contribution in [0.3, 0.4) is 0 Å². The van der Waals surface area contributed by atoms with Gasteiger partial charge in [0.15, 0.2) is 5.13 Å². The molecule has 0 spiro atoms. The number of aromatic nitrogens is 1. The molecule has 4 rings (SSSR count). The predicted octanol–water partition coefficient (Wildman–Crippen LogP) is 2.90. The van der Waals surface area contributed by atoms with Gasteiger partial charge >= 0.3 is 0 Å². The van der Waals surface area contributed by atoms with Crippen molar-refractivity contribution in [3.05, 3.63) is 35.2 Å². The molecule has 2 fully saturated rings. The first-order valence-electron chi connectivity index (χ1n) is 11.1. The molecule has 0 atom stereocenters. The lowest BCUT2D eigenvalue weighted by Gasteiger charge is -2.34. The van der Waals surface area contributed by atoms with E-state index in [2.05, 4.69) is 15.2 Å². The number of anilines is 1. The van der Waals surface area contributed by atoms with Crippen molar-refractivity contribution in [1.82, 2.24) is 19.7 Å². The van der Waals surface area contributed by atoms with E-state index >= 15 is 0 Å². The standard InChI is InChI=1S/C22H31N5O3S/c1-25(14-18-8-5-13-30-18)20(28)15-26-9-11-27(12-10-26)21(29)19-16-31-22(24-19)23-17-6-3-2-4-7-17/h5,8,13,16-17H,2-4,6-7,9-12,14-15H2,1H3,(H,23,24). The van der Waals surface area contributed by atoms with Crippen molar-refractivity contribution < 1.29 is 14.0 Å². The monoisotopic (exact) mass is 445 g/mol. The zero-order valence-corrected chi connectivity index (χ0v) is 18.9. The third-order valence-corrected chi connectivity index (χ3v) is 6.85. The summed E-state index contributed by atoms with van der Waals surface area (Å²) < 4.78 is 5.31. The van der Waals surface area contributed by atoms with E-state index in [0.717, 1.165) is 10.9 Å². The minimum Gasteiger partial charge on any atom is -0.467 e. The number of likely N-dealkylation sites (N-methyl/N-ethyl adjacent to an activating group) is 1. The Balaban J connectivity index is 1.22. The van der Waals surface area contributed by atoms with Crippen LogP contribution in [0.5, 0.6) is 0 Å². The third kappa shape index (κ3) is 5.86. The second-order valence-electron chi connectivity index (χ2n) is 8.41. The number of furan rings is 1. The molecule has 8 nitrogen and oxygen atoms in total. The fraction of sp³-hybridized carbons (Fsp3) is 0.591. The number of nitrogens with zero attached hydrogens (tertiary/aromatic N) is 4. The molecule has 2 aromatic rings. The van der Waals surface area contributed by atoms with Crippen molar-refractivity contribution in [1.29, 1.82) is 0 Å². The van der Waals surface area contributed by atoms with Crippen LogP contribution < -0.4 is 5.32 Å². The Morgan fingerprint density at radius 2 is 2.00 bits per heavy atom. The van der Waals surface area contributed by atoms with E-state index in [9.17, 15) is 9.59 Å². The molecule has 0 bridgehead atoms. The summed E-state index contributed by atoms with van der Waals surface area (Å²) in [7, 11) is 1.78. The molecule has 0 radical (unpaired) electrons. The Bertz CT molecular complexity index is 854. The first-order valence-corrected chi connectivity index (χ1v) is 12.0. The molecule has 3 heterocycles. The van der Waals surface area contributed by atoms with Gasteiger partial charge in [0, 0.05) is 44.6 Å². The molecule has 1 saturated heterocycles. The molecular formula is C22H31N5O3S. The highest BCUT2D eigenvalue weighted by molar-refractivity contribution is 7.13. The van der Waals surface area contributed by atoms with Crippen molar-refractivity contribution in [2.45, 2.75) is 44.7 Å². The molecule has 1 aliphatic heterocycles. The number of hydrogen-bond acceptors (Lipinski definition) is 7. The normalized spacial score (nSPS) is 18.2. The molecule has 1 aliphatic carbocycles. The summed E-state index contributed by atoms with van der Waals surface area (Å²) in [5.74, 6) is 0.801. The molecular weight excluding hydrogens is 414 g/mol. The van der Waals surface area contributed by atoms with Gasteiger partial charge in [0.2, 0.25) is 5.91 Å². The number of rotatable bonds is 7. The van der Waals surface area contributed by atoms with Gasteiger partial charge in [-0.1, -0.05) is 19.3 Å². The van der Waals surface area contributed by atoms with Gasteiger partial charge in [-0.3, -0.25) is 14.5 Å². The highest BCUT2D eigenvalue weighted by Gasteiger charge is 2.26. The summed E-state index contributed by atoms with van der Waals surface area (Å²) in [4.78, 5) is 35.5. The number of nitrogens with one attached hydrogen (secondary N) is 1. The van der Waals surface area contributed by atoms with Crippen LogP contribution in [0.15, 0.2) is 28.2 Å². The molecule has 1 N–H and O–H groups in total. The number of piperazine rings is 1. The molecule has 168 valence electrons. The Kier molecular flexibility index (Phi) is 7.24. The van der Waals surface area contributed by atoms with E-state index in [4.69, 9.17) is 4.42 Å². The van der Waals surface area contributed by atoms with Gasteiger partial charge in [-0.05, 0) is 25.0 Å². The molecule has 0 aromatic carbocycles. The minimum absolute atomic E-state index is 0.0196. The largest absolute Gasteiger partial charge is 0.467 e. The van der Waals surface area contributed by atoms with Crippen LogP contribution >= 0.6 is 11.3 Å². The minimum atomic E-state index is -0.0196. The van der Waals surface area contributed by atoms with Gasteiger partial charge in [0.05, 0.1) is 19.4 Å². The second kappa shape index (κ2) is 10.3. The second-order valence-corrected chi connectivity index (χ2v) is 9.27. The molecule has 9 heteroatoms. The van der Waals surface area contributed by atoms with Crippen molar-refractivity contribution in [2.24, 2.45) is 0 Å². The first kappa shape index (κ1) is 21.8. The van der Waals surface area contributed by atoms with Gasteiger partial charge in [0.25, 0.3) is 5.91 Å². The molecule has 2 amide bonds. The van der Waals surface area contributed by atoms with Crippen LogP contribution in [0.25, 0.3) is 0 Å². The van der Waals surface area contributed by atoms with Gasteiger partial charge in [-0.15, -0.1) is 11.3 Å². The molecule has 0 unspecified atom stereocenters. The van der Waals surface area contributed by atoms with E-state index in [-0.39, 0.29) is 11.8 Å². The van der Waals surface area contributed by atoms with Gasteiger partial charge in [0.1, 0.15) is 11.5 Å². The average molecular weight is 446 g/mol. The summed E-state index contributed by atoms with van der Waals surface area (Å²) in [5.41, 5.74) is 0.519. The maximum Gasteiger partial charge on any atom is 0.273 e. The van der Waals surface area contributed by atoms with Gasteiger partial charge < -0.3 is 19.5 Å². The number of thiazole rings is 1. The van der Waals surface area contributed by atoms with E-state index in [0.29, 0.717) is 51.0 Å². The number of amides is 2. The number of carbonyl (C=O) groups is 2. The lowest BCUT2D eigenvalue weighted by Crippen LogP contribution is -2.51. The van der Waals surface area contributed by atoms with Crippen molar-refractivity contribution in [3.63, 3.8) is 0 Å². The predicted molar refractivity (Wildman–Crippen MR) is 120 cm³/mol. The summed E-state index contributed by atoms with van der Waals surface area (Å²) in [5, 5.41) is 6.19. The highest BCUT2D eigenvalue weighted by atomic mass is 32.1. The fourth-order valence-electron chi connectivity index (χ4n) is 4.17. The van der Waals surface area contributed by atoms with Crippen molar-refractivity contribution >= 4 is 28.3 Å². The first-order chi connectivity index (χ1) is 15.1. The summed E-state index contributed by atoms with van der Waals surface area (Å²) in [6, 6.07) is 4.17. The Morgan fingerprint density at radius 3 is 2.71 bits per heavy atom. The fourth-order valence-corrected chi connectivity index (χ4v) is 4.93. The Labute approximate surface area is 187 Å². The molecule has 2 aliphatic rings. The zero-order chi connectivity index (χ0) is 21.6. The number of carbonyl (C=O) groups excluding carboxylic acids is 2. The van der Waals surface area contributed by atoms with Crippen LogP contribution in [0, 0.1) is 0 Å². The van der Waals surface area contributed by atoms with Crippen molar-refractivity contribution in [3.8, 4) is 0 Å². The Morgan fingerprint density at radius 1 is 1.23 bits per heavy atom. The van der Waals surface area contributed by atoms with Crippen LogP contribution in [-0.4, -0.2) is 77.3 Å². The van der Waals surface area contributed by atoms with Crippen molar-refractivity contribution in [2.75, 3.05) is 45.1 Å². The maximum absolute atomic E-state index is 12.9. The van der Waals surface area contributed by atoms with Crippen LogP contribution in [0.1, 0.15) is 48.4 Å². The summed E-state index contributed by atoms with van der Waals surface area (Å²) in [6.07, 6.45) is 7.82. The molecule has 31 heavy (non-hydrogen) atoms. The average Bonchev–Trinajstić information content (AvgIpc) is 3.47. The Hall–Kier alpha value is -2.39. The zero-order valence-electron chi connectivity index (χ0n) is 18.1. The lowest BCUT2D eigenvalue weighted by atomic mass is 9.96. The summed E-state index contributed by atoms with van der Waals surface area (Å²) >= 11 is 1.51. The van der Waals surface area contributed by atoms with E-state index < -0.39 is 0 Å². The smallest absolute Gasteiger partial charge is 0.273 e.